The minimum Gasteiger partial charge on any atom is -0.508 e. The van der Waals surface area contributed by atoms with E-state index in [-0.39, 0.29) is 43.6 Å². The number of fused-ring (bicyclic) bond motifs is 3. The molecule has 11 nitrogen and oxygen atoms in total. The zero-order valence-corrected chi connectivity index (χ0v) is 23.7. The van der Waals surface area contributed by atoms with Crippen LogP contribution in [0.3, 0.4) is 0 Å². The minimum atomic E-state index is -4.29. The fraction of sp³-hybridized carbons (Fsp3) is 0.552. The lowest BCUT2D eigenvalue weighted by atomic mass is 9.54. The van der Waals surface area contributed by atoms with Crippen LogP contribution >= 0.6 is 0 Å². The summed E-state index contributed by atoms with van der Waals surface area (Å²) in [5.41, 5.74) is 1.27. The number of carbonyl (C=O) groups is 3. The summed E-state index contributed by atoms with van der Waals surface area (Å²) in [5, 5.41) is 57.1. The topological polar surface area (TPSA) is 185 Å². The van der Waals surface area contributed by atoms with Crippen molar-refractivity contribution in [3.05, 3.63) is 45.7 Å². The molecule has 234 valence electrons. The van der Waals surface area contributed by atoms with Crippen molar-refractivity contribution in [1.29, 1.82) is 0 Å². The molecule has 1 aliphatic heterocycles. The number of hydrogen-bond donors (Lipinski definition) is 6. The smallest absolute Gasteiger partial charge is 0.391 e. The molecule has 1 aromatic carbocycles. The molecular formula is C29H34F3N3O8. The van der Waals surface area contributed by atoms with Gasteiger partial charge in [0.2, 0.25) is 5.78 Å². The molecule has 0 spiro atoms. The molecule has 1 amide bonds. The largest absolute Gasteiger partial charge is 0.508 e. The highest BCUT2D eigenvalue weighted by atomic mass is 19.4. The molecular weight excluding hydrogens is 575 g/mol. The monoisotopic (exact) mass is 609 g/mol. The number of nitrogens with two attached hydrogens (primary N) is 1. The number of piperidine rings is 1. The van der Waals surface area contributed by atoms with Crippen molar-refractivity contribution >= 4 is 23.2 Å². The van der Waals surface area contributed by atoms with E-state index >= 15 is 0 Å². The third-order valence-electron chi connectivity index (χ3n) is 9.66. The highest BCUT2D eigenvalue weighted by molar-refractivity contribution is 6.24. The summed E-state index contributed by atoms with van der Waals surface area (Å²) in [6.07, 6.45) is -6.19. The lowest BCUT2D eigenvalue weighted by Gasteiger charge is -2.53. The van der Waals surface area contributed by atoms with E-state index in [1.807, 2.05) is 0 Å². The molecule has 1 heterocycles. The van der Waals surface area contributed by atoms with E-state index in [9.17, 15) is 53.1 Å². The van der Waals surface area contributed by atoms with Gasteiger partial charge in [0.05, 0.1) is 29.5 Å². The Morgan fingerprint density at radius 3 is 2.28 bits per heavy atom. The number of phenolic OH excluding ortho intramolecular Hbond substituents is 1. The number of benzene rings is 1. The Morgan fingerprint density at radius 2 is 1.74 bits per heavy atom. The lowest BCUT2D eigenvalue weighted by Crippen LogP contribution is -2.70. The fourth-order valence-electron chi connectivity index (χ4n) is 7.45. The van der Waals surface area contributed by atoms with E-state index in [2.05, 4.69) is 0 Å². The number of likely N-dealkylation sites (tertiary alicyclic amines) is 1. The Hall–Kier alpha value is -3.46. The Labute approximate surface area is 244 Å². The second-order valence-electron chi connectivity index (χ2n) is 12.2. The van der Waals surface area contributed by atoms with Crippen molar-refractivity contribution in [3.8, 4) is 5.75 Å². The Morgan fingerprint density at radius 1 is 1.14 bits per heavy atom. The van der Waals surface area contributed by atoms with E-state index in [0.29, 0.717) is 5.56 Å². The summed E-state index contributed by atoms with van der Waals surface area (Å²) >= 11 is 0. The number of likely N-dealkylation sites (N-methyl/N-ethyl adjacent to an activating group) is 1. The number of carbonyl (C=O) groups excluding carboxylic acids is 3. The highest BCUT2D eigenvalue weighted by Gasteiger charge is 2.68. The maximum absolute atomic E-state index is 14.1. The number of Topliss-reactive ketones (excluding diaryl/α,β-unsaturated/α-hetero) is 2. The molecule has 6 atom stereocenters. The van der Waals surface area contributed by atoms with Gasteiger partial charge in [-0.25, -0.2) is 0 Å². The second-order valence-corrected chi connectivity index (χ2v) is 12.2. The first-order chi connectivity index (χ1) is 19.9. The van der Waals surface area contributed by atoms with E-state index < -0.39 is 93.5 Å². The van der Waals surface area contributed by atoms with Gasteiger partial charge in [-0.2, -0.15) is 13.2 Å². The first-order valence-corrected chi connectivity index (χ1v) is 13.9. The number of alkyl halides is 3. The molecule has 1 aromatic rings. The zero-order valence-electron chi connectivity index (χ0n) is 23.7. The molecule has 43 heavy (non-hydrogen) atoms. The van der Waals surface area contributed by atoms with Gasteiger partial charge in [-0.15, -0.1) is 0 Å². The number of hydrogen-bond acceptors (Lipinski definition) is 10. The standard InChI is InChI=1S/C29H34F3N3O8/c1-11-14-5-4-12(10-35-8-6-13(7-9-35)29(30,31)32)21(36)16(14)22(37)17-15(11)23(38)19-20(34(2)3)24(39)18(27(33)42)26(41)28(19,43)25(17)40/h4-5,11,13,15,19-20,23,36-38,41,43H,6-10H2,1-3H3,(H2,33,42)/t11-,15?,19?,20-,23?,28-/m0/s1. The van der Waals surface area contributed by atoms with Crippen LogP contribution in [0.5, 0.6) is 5.75 Å². The number of halogens is 3. The van der Waals surface area contributed by atoms with Crippen LogP contribution in [0.15, 0.2) is 29.0 Å². The quantitative estimate of drug-likeness (QED) is 0.272. The molecule has 1 saturated carbocycles. The SMILES string of the molecule is C[C@H]1c2ccc(CN3CCC(C(F)(F)F)CC3)c(O)c2C(O)=C2C(=O)[C@]3(O)C(O)=C(C(N)=O)C(=O)[C@@H](N(C)C)C3C(O)C21. The number of rotatable bonds is 4. The molecule has 2 fully saturated rings. The normalized spacial score (nSPS) is 32.2. The first kappa shape index (κ1) is 31.0. The van der Waals surface area contributed by atoms with Crippen molar-refractivity contribution in [3.63, 3.8) is 0 Å². The van der Waals surface area contributed by atoms with Crippen molar-refractivity contribution in [2.24, 2.45) is 23.5 Å². The Balaban J connectivity index is 1.59. The number of aromatic hydroxyl groups is 1. The number of amides is 1. The Kier molecular flexibility index (Phi) is 7.44. The molecule has 0 radical (unpaired) electrons. The predicted octanol–water partition coefficient (Wildman–Crippen LogP) is 1.27. The van der Waals surface area contributed by atoms with E-state index in [4.69, 9.17) is 5.73 Å². The molecule has 14 heteroatoms. The summed E-state index contributed by atoms with van der Waals surface area (Å²) in [6, 6.07) is 1.70. The zero-order chi connectivity index (χ0) is 31.9. The van der Waals surface area contributed by atoms with Crippen molar-refractivity contribution in [1.82, 2.24) is 9.80 Å². The van der Waals surface area contributed by atoms with Gasteiger partial charge >= 0.3 is 6.18 Å². The average molecular weight is 610 g/mol. The van der Waals surface area contributed by atoms with Crippen LogP contribution in [0.4, 0.5) is 13.2 Å². The maximum Gasteiger partial charge on any atom is 0.391 e. The van der Waals surface area contributed by atoms with Crippen LogP contribution in [0.2, 0.25) is 0 Å². The number of aliphatic hydroxyl groups excluding tert-OH is 3. The fourth-order valence-corrected chi connectivity index (χ4v) is 7.45. The van der Waals surface area contributed by atoms with E-state index in [1.54, 1.807) is 24.0 Å². The molecule has 3 unspecified atom stereocenters. The van der Waals surface area contributed by atoms with Gasteiger partial charge in [-0.1, -0.05) is 19.1 Å². The second kappa shape index (κ2) is 10.3. The first-order valence-electron chi connectivity index (χ1n) is 13.9. The molecule has 5 rings (SSSR count). The number of aliphatic hydroxyl groups is 4. The molecule has 0 aromatic heterocycles. The highest BCUT2D eigenvalue weighted by Crippen LogP contribution is 2.56. The van der Waals surface area contributed by atoms with Crippen LogP contribution in [0, 0.1) is 17.8 Å². The summed E-state index contributed by atoms with van der Waals surface area (Å²) in [5.74, 6) is -11.2. The van der Waals surface area contributed by atoms with Gasteiger partial charge in [0.1, 0.15) is 22.8 Å². The van der Waals surface area contributed by atoms with E-state index in [1.165, 1.54) is 19.0 Å². The lowest BCUT2D eigenvalue weighted by molar-refractivity contribution is -0.185. The maximum atomic E-state index is 14.1. The number of nitrogens with zero attached hydrogens (tertiary/aromatic N) is 2. The summed E-state index contributed by atoms with van der Waals surface area (Å²) in [4.78, 5) is 42.5. The van der Waals surface area contributed by atoms with Crippen LogP contribution in [-0.4, -0.2) is 104 Å². The van der Waals surface area contributed by atoms with Crippen LogP contribution in [-0.2, 0) is 20.9 Å². The summed E-state index contributed by atoms with van der Waals surface area (Å²) in [6.45, 7) is 1.94. The van der Waals surface area contributed by atoms with Gasteiger partial charge in [-0.3, -0.25) is 24.2 Å². The minimum absolute atomic E-state index is 0.0603. The molecule has 0 bridgehead atoms. The van der Waals surface area contributed by atoms with Crippen LogP contribution in [0.1, 0.15) is 42.4 Å². The van der Waals surface area contributed by atoms with E-state index in [0.717, 1.165) is 0 Å². The van der Waals surface area contributed by atoms with Gasteiger partial charge < -0.3 is 31.3 Å². The third-order valence-corrected chi connectivity index (χ3v) is 9.66. The molecule has 7 N–H and O–H groups in total. The summed E-state index contributed by atoms with van der Waals surface area (Å²) in [7, 11) is 2.85. The summed E-state index contributed by atoms with van der Waals surface area (Å²) < 4.78 is 39.3. The van der Waals surface area contributed by atoms with Gasteiger partial charge in [0, 0.05) is 23.6 Å². The van der Waals surface area contributed by atoms with Crippen molar-refractivity contribution in [2.75, 3.05) is 27.2 Å². The number of primary amides is 1. The molecule has 4 aliphatic rings. The van der Waals surface area contributed by atoms with Crippen LogP contribution < -0.4 is 5.73 Å². The van der Waals surface area contributed by atoms with Gasteiger partial charge in [0.15, 0.2) is 11.4 Å². The number of phenols is 1. The van der Waals surface area contributed by atoms with Crippen LogP contribution in [0.25, 0.3) is 5.76 Å². The Bertz CT molecular complexity index is 1460. The van der Waals surface area contributed by atoms with Crippen molar-refractivity contribution in [2.45, 2.75) is 56.2 Å². The number of ketones is 2. The van der Waals surface area contributed by atoms with Gasteiger partial charge in [0.25, 0.3) is 5.91 Å². The molecule has 3 aliphatic carbocycles. The van der Waals surface area contributed by atoms with Crippen molar-refractivity contribution < 1.29 is 53.1 Å². The van der Waals surface area contributed by atoms with Gasteiger partial charge in [-0.05, 0) is 51.5 Å². The molecule has 1 saturated heterocycles. The third kappa shape index (κ3) is 4.45. The predicted molar refractivity (Wildman–Crippen MR) is 144 cm³/mol. The average Bonchev–Trinajstić information content (AvgIpc) is 2.91.